The molecule has 1 atom stereocenters. The van der Waals surface area contributed by atoms with Crippen LogP contribution in [0.4, 0.5) is 11.6 Å². The molecule has 1 unspecified atom stereocenters. The Balaban J connectivity index is 2.50. The number of hydrogen-bond donors (Lipinski definition) is 3. The number of rotatable bonds is 4. The van der Waals surface area contributed by atoms with Gasteiger partial charge < -0.3 is 15.6 Å². The van der Waals surface area contributed by atoms with Crippen molar-refractivity contribution in [3.8, 4) is 0 Å². The average molecular weight is 292 g/mol. The third-order valence-corrected chi connectivity index (χ3v) is 3.78. The van der Waals surface area contributed by atoms with Crippen molar-refractivity contribution >= 4 is 17.5 Å². The first-order chi connectivity index (χ1) is 9.99. The van der Waals surface area contributed by atoms with Crippen LogP contribution in [0.2, 0.25) is 0 Å². The van der Waals surface area contributed by atoms with Crippen LogP contribution in [0, 0.1) is 6.92 Å². The van der Waals surface area contributed by atoms with Gasteiger partial charge in [-0.15, -0.1) is 0 Å². The van der Waals surface area contributed by atoms with Gasteiger partial charge in [-0.25, -0.2) is 15.8 Å². The lowest BCUT2D eigenvalue weighted by atomic mass is 10.1. The zero-order chi connectivity index (χ0) is 15.6. The van der Waals surface area contributed by atoms with Crippen molar-refractivity contribution in [1.29, 1.82) is 0 Å². The lowest BCUT2D eigenvalue weighted by molar-refractivity contribution is -0.123. The standard InChI is InChI=1S/C14H24N6O/c1-5-10-14(21)16-6-7-20(10)13-9(4)12(19-15)17-11(18-13)8(2)3/h8,10H,5-7,15H2,1-4H3,(H,16,21)(H,17,18,19). The molecule has 1 saturated heterocycles. The summed E-state index contributed by atoms with van der Waals surface area (Å²) in [5.74, 6) is 7.95. The van der Waals surface area contributed by atoms with Crippen LogP contribution in [0.5, 0.6) is 0 Å². The van der Waals surface area contributed by atoms with E-state index in [1.165, 1.54) is 0 Å². The number of hydrogen-bond acceptors (Lipinski definition) is 6. The Kier molecular flexibility index (Phi) is 4.62. The number of amides is 1. The summed E-state index contributed by atoms with van der Waals surface area (Å²) in [5.41, 5.74) is 3.51. The molecular formula is C14H24N6O. The first kappa shape index (κ1) is 15.5. The molecule has 0 spiro atoms. The minimum atomic E-state index is -0.196. The summed E-state index contributed by atoms with van der Waals surface area (Å²) < 4.78 is 0. The number of nitrogens with one attached hydrogen (secondary N) is 2. The van der Waals surface area contributed by atoms with Crippen molar-refractivity contribution in [2.45, 2.75) is 46.1 Å². The van der Waals surface area contributed by atoms with Crippen LogP contribution in [-0.2, 0) is 4.79 Å². The highest BCUT2D eigenvalue weighted by atomic mass is 16.2. The van der Waals surface area contributed by atoms with E-state index >= 15 is 0 Å². The summed E-state index contributed by atoms with van der Waals surface area (Å²) in [4.78, 5) is 23.2. The van der Waals surface area contributed by atoms with Crippen molar-refractivity contribution in [3.63, 3.8) is 0 Å². The summed E-state index contributed by atoms with van der Waals surface area (Å²) in [7, 11) is 0. The fourth-order valence-corrected chi connectivity index (χ4v) is 2.57. The number of nitrogens with two attached hydrogens (primary N) is 1. The van der Waals surface area contributed by atoms with Gasteiger partial charge in [-0.1, -0.05) is 20.8 Å². The number of piperazine rings is 1. The van der Waals surface area contributed by atoms with E-state index in [0.29, 0.717) is 12.4 Å². The average Bonchev–Trinajstić information content (AvgIpc) is 2.47. The molecule has 116 valence electrons. The predicted molar refractivity (Wildman–Crippen MR) is 83.1 cm³/mol. The van der Waals surface area contributed by atoms with Crippen molar-refractivity contribution in [2.24, 2.45) is 5.84 Å². The Morgan fingerprint density at radius 2 is 2.19 bits per heavy atom. The Morgan fingerprint density at radius 1 is 1.48 bits per heavy atom. The second-order valence-electron chi connectivity index (χ2n) is 5.59. The summed E-state index contributed by atoms with van der Waals surface area (Å²) in [6.07, 6.45) is 0.734. The van der Waals surface area contributed by atoms with Crippen LogP contribution in [-0.4, -0.2) is 35.0 Å². The van der Waals surface area contributed by atoms with E-state index in [0.717, 1.165) is 30.2 Å². The van der Waals surface area contributed by atoms with Gasteiger partial charge in [0.2, 0.25) is 5.91 Å². The molecule has 1 amide bonds. The molecule has 1 aliphatic rings. The van der Waals surface area contributed by atoms with E-state index in [1.807, 2.05) is 27.7 Å². The van der Waals surface area contributed by atoms with E-state index in [4.69, 9.17) is 5.84 Å². The third kappa shape index (κ3) is 2.92. The molecule has 4 N–H and O–H groups in total. The van der Waals surface area contributed by atoms with Gasteiger partial charge in [0.25, 0.3) is 0 Å². The van der Waals surface area contributed by atoms with Gasteiger partial charge in [-0.3, -0.25) is 4.79 Å². The largest absolute Gasteiger partial charge is 0.353 e. The lowest BCUT2D eigenvalue weighted by Gasteiger charge is -2.36. The topological polar surface area (TPSA) is 96.2 Å². The van der Waals surface area contributed by atoms with Crippen LogP contribution in [0.25, 0.3) is 0 Å². The van der Waals surface area contributed by atoms with Gasteiger partial charge in [0.05, 0.1) is 0 Å². The maximum Gasteiger partial charge on any atom is 0.242 e. The number of anilines is 2. The normalized spacial score (nSPS) is 18.9. The van der Waals surface area contributed by atoms with E-state index in [9.17, 15) is 4.79 Å². The van der Waals surface area contributed by atoms with Crippen molar-refractivity contribution in [3.05, 3.63) is 11.4 Å². The van der Waals surface area contributed by atoms with Crippen LogP contribution in [0.1, 0.15) is 44.5 Å². The molecule has 1 fully saturated rings. The van der Waals surface area contributed by atoms with Gasteiger partial charge >= 0.3 is 0 Å². The van der Waals surface area contributed by atoms with Crippen LogP contribution >= 0.6 is 0 Å². The zero-order valence-corrected chi connectivity index (χ0v) is 13.1. The summed E-state index contributed by atoms with van der Waals surface area (Å²) in [5, 5.41) is 2.90. The number of carbonyl (C=O) groups is 1. The Bertz CT molecular complexity index is 530. The second-order valence-corrected chi connectivity index (χ2v) is 5.59. The molecule has 1 aromatic rings. The minimum Gasteiger partial charge on any atom is -0.353 e. The molecule has 1 aliphatic heterocycles. The Labute approximate surface area is 125 Å². The molecule has 1 aromatic heterocycles. The second kappa shape index (κ2) is 6.26. The number of nitrogens with zero attached hydrogens (tertiary/aromatic N) is 3. The highest BCUT2D eigenvalue weighted by Crippen LogP contribution is 2.28. The van der Waals surface area contributed by atoms with Gasteiger partial charge in [0, 0.05) is 24.6 Å². The molecule has 7 nitrogen and oxygen atoms in total. The number of hydrazine groups is 1. The molecule has 0 aliphatic carbocycles. The number of nitrogen functional groups attached to an aromatic ring is 1. The molecule has 21 heavy (non-hydrogen) atoms. The summed E-state index contributed by atoms with van der Waals surface area (Å²) in [6.45, 7) is 9.37. The minimum absolute atomic E-state index is 0.0510. The van der Waals surface area contributed by atoms with E-state index in [1.54, 1.807) is 0 Å². The predicted octanol–water partition coefficient (Wildman–Crippen LogP) is 0.909. The molecule has 0 radical (unpaired) electrons. The monoisotopic (exact) mass is 292 g/mol. The van der Waals surface area contributed by atoms with Gasteiger partial charge in [-0.2, -0.15) is 0 Å². The highest BCUT2D eigenvalue weighted by molar-refractivity contribution is 5.86. The smallest absolute Gasteiger partial charge is 0.242 e. The van der Waals surface area contributed by atoms with E-state index < -0.39 is 0 Å². The summed E-state index contributed by atoms with van der Waals surface area (Å²) in [6, 6.07) is -0.196. The first-order valence-corrected chi connectivity index (χ1v) is 7.39. The fourth-order valence-electron chi connectivity index (χ4n) is 2.57. The van der Waals surface area contributed by atoms with Gasteiger partial charge in [-0.05, 0) is 13.3 Å². The van der Waals surface area contributed by atoms with Crippen LogP contribution < -0.4 is 21.5 Å². The van der Waals surface area contributed by atoms with Gasteiger partial charge in [0.1, 0.15) is 23.5 Å². The molecule has 0 saturated carbocycles. The summed E-state index contributed by atoms with van der Waals surface area (Å²) >= 11 is 0. The molecule has 2 rings (SSSR count). The number of aromatic nitrogens is 2. The van der Waals surface area contributed by atoms with Crippen molar-refractivity contribution < 1.29 is 4.79 Å². The highest BCUT2D eigenvalue weighted by Gasteiger charge is 2.31. The van der Waals surface area contributed by atoms with Crippen molar-refractivity contribution in [2.75, 3.05) is 23.4 Å². The molecule has 7 heteroatoms. The molecule has 2 heterocycles. The zero-order valence-electron chi connectivity index (χ0n) is 13.1. The third-order valence-electron chi connectivity index (χ3n) is 3.78. The quantitative estimate of drug-likeness (QED) is 0.564. The first-order valence-electron chi connectivity index (χ1n) is 7.39. The van der Waals surface area contributed by atoms with Crippen LogP contribution in [0.15, 0.2) is 0 Å². The maximum atomic E-state index is 12.1. The maximum absolute atomic E-state index is 12.1. The number of carbonyl (C=O) groups excluding carboxylic acids is 1. The molecule has 0 aromatic carbocycles. The van der Waals surface area contributed by atoms with E-state index in [-0.39, 0.29) is 17.9 Å². The SMILES string of the molecule is CCC1C(=O)NCCN1c1nc(C(C)C)nc(NN)c1C. The Hall–Kier alpha value is -1.89. The van der Waals surface area contributed by atoms with Crippen LogP contribution in [0.3, 0.4) is 0 Å². The lowest BCUT2D eigenvalue weighted by Crippen LogP contribution is -2.55. The van der Waals surface area contributed by atoms with Gasteiger partial charge in [0.15, 0.2) is 0 Å². The molecular weight excluding hydrogens is 268 g/mol. The molecule has 0 bridgehead atoms. The van der Waals surface area contributed by atoms with Crippen molar-refractivity contribution in [1.82, 2.24) is 15.3 Å². The Morgan fingerprint density at radius 3 is 2.76 bits per heavy atom. The fraction of sp³-hybridized carbons (Fsp3) is 0.643. The van der Waals surface area contributed by atoms with E-state index in [2.05, 4.69) is 25.6 Å².